The summed E-state index contributed by atoms with van der Waals surface area (Å²) >= 11 is 4.93. The van der Waals surface area contributed by atoms with E-state index in [9.17, 15) is 4.79 Å². The molecule has 0 bridgehead atoms. The molecule has 0 radical (unpaired) electrons. The Kier molecular flexibility index (Phi) is 3.26. The second kappa shape index (κ2) is 4.52. The van der Waals surface area contributed by atoms with Gasteiger partial charge in [-0.3, -0.25) is 4.79 Å². The van der Waals surface area contributed by atoms with Gasteiger partial charge >= 0.3 is 0 Å². The highest BCUT2D eigenvalue weighted by molar-refractivity contribution is 9.10. The maximum atomic E-state index is 12.3. The number of halogens is 1. The second-order valence-corrected chi connectivity index (χ2v) is 5.38. The van der Waals surface area contributed by atoms with Crippen molar-refractivity contribution >= 4 is 33.0 Å². The van der Waals surface area contributed by atoms with Gasteiger partial charge in [-0.1, -0.05) is 17.7 Å². The molecule has 1 aromatic carbocycles. The number of benzene rings is 1. The first-order chi connectivity index (χ1) is 7.59. The number of hydrogen-bond acceptors (Lipinski definition) is 2. The maximum absolute atomic E-state index is 12.3. The van der Waals surface area contributed by atoms with Gasteiger partial charge in [0.25, 0.3) is 0 Å². The molecule has 0 N–H and O–H groups in total. The van der Waals surface area contributed by atoms with Crippen molar-refractivity contribution in [3.63, 3.8) is 0 Å². The molecule has 0 saturated heterocycles. The standard InChI is InChI=1S/C13H11BrOS/c1-8-3-4-9(2)10(5-8)13(15)11-6-16-7-12(11)14/h3-7H,1-2H3. The summed E-state index contributed by atoms with van der Waals surface area (Å²) in [5.41, 5.74) is 3.67. The van der Waals surface area contributed by atoms with Crippen LogP contribution in [0.2, 0.25) is 0 Å². The van der Waals surface area contributed by atoms with Crippen molar-refractivity contribution in [2.45, 2.75) is 13.8 Å². The minimum atomic E-state index is 0.0920. The smallest absolute Gasteiger partial charge is 0.195 e. The average molecular weight is 295 g/mol. The van der Waals surface area contributed by atoms with Crippen molar-refractivity contribution in [3.8, 4) is 0 Å². The Morgan fingerprint density at radius 1 is 1.19 bits per heavy atom. The van der Waals surface area contributed by atoms with Gasteiger partial charge in [0.05, 0.1) is 0 Å². The second-order valence-electron chi connectivity index (χ2n) is 3.78. The van der Waals surface area contributed by atoms with E-state index in [0.717, 1.165) is 26.7 Å². The SMILES string of the molecule is Cc1ccc(C)c(C(=O)c2cscc2Br)c1. The van der Waals surface area contributed by atoms with E-state index in [4.69, 9.17) is 0 Å². The van der Waals surface area contributed by atoms with E-state index in [-0.39, 0.29) is 5.78 Å². The predicted molar refractivity (Wildman–Crippen MR) is 71.4 cm³/mol. The fourth-order valence-electron chi connectivity index (χ4n) is 1.57. The fourth-order valence-corrected chi connectivity index (χ4v) is 3.02. The summed E-state index contributed by atoms with van der Waals surface area (Å²) < 4.78 is 0.878. The van der Waals surface area contributed by atoms with Gasteiger partial charge in [0, 0.05) is 26.4 Å². The van der Waals surface area contributed by atoms with Gasteiger partial charge in [0.2, 0.25) is 0 Å². The number of thiophene rings is 1. The number of carbonyl (C=O) groups is 1. The van der Waals surface area contributed by atoms with Crippen LogP contribution in [0.3, 0.4) is 0 Å². The van der Waals surface area contributed by atoms with Gasteiger partial charge in [-0.15, -0.1) is 0 Å². The predicted octanol–water partition coefficient (Wildman–Crippen LogP) is 4.36. The van der Waals surface area contributed by atoms with Crippen molar-refractivity contribution in [3.05, 3.63) is 55.7 Å². The van der Waals surface area contributed by atoms with Crippen LogP contribution in [0, 0.1) is 13.8 Å². The minimum Gasteiger partial charge on any atom is -0.289 e. The molecule has 0 saturated carbocycles. The molecule has 1 nitrogen and oxygen atoms in total. The summed E-state index contributed by atoms with van der Waals surface area (Å²) in [5, 5.41) is 3.81. The van der Waals surface area contributed by atoms with Crippen molar-refractivity contribution in [1.82, 2.24) is 0 Å². The molecule has 0 aliphatic carbocycles. The third-order valence-corrected chi connectivity index (χ3v) is 4.20. The first-order valence-corrected chi connectivity index (χ1v) is 6.67. The number of rotatable bonds is 2. The molecular weight excluding hydrogens is 284 g/mol. The minimum absolute atomic E-state index is 0.0920. The highest BCUT2D eigenvalue weighted by Crippen LogP contribution is 2.25. The Morgan fingerprint density at radius 3 is 2.56 bits per heavy atom. The van der Waals surface area contributed by atoms with E-state index in [1.807, 2.05) is 42.8 Å². The van der Waals surface area contributed by atoms with E-state index in [0.29, 0.717) is 0 Å². The van der Waals surface area contributed by atoms with Gasteiger partial charge in [0.15, 0.2) is 5.78 Å². The van der Waals surface area contributed by atoms with E-state index in [1.54, 1.807) is 0 Å². The van der Waals surface area contributed by atoms with Crippen LogP contribution in [-0.2, 0) is 0 Å². The van der Waals surface area contributed by atoms with Crippen molar-refractivity contribution in [1.29, 1.82) is 0 Å². The zero-order valence-corrected chi connectivity index (χ0v) is 11.5. The number of ketones is 1. The molecule has 0 amide bonds. The third kappa shape index (κ3) is 2.11. The van der Waals surface area contributed by atoms with Gasteiger partial charge in [-0.2, -0.15) is 11.3 Å². The molecule has 3 heteroatoms. The summed E-state index contributed by atoms with van der Waals surface area (Å²) in [4.78, 5) is 12.3. The van der Waals surface area contributed by atoms with E-state index >= 15 is 0 Å². The summed E-state index contributed by atoms with van der Waals surface area (Å²) in [6.07, 6.45) is 0. The Hall–Kier alpha value is -0.930. The van der Waals surface area contributed by atoms with Crippen LogP contribution in [0.15, 0.2) is 33.4 Å². The van der Waals surface area contributed by atoms with Crippen molar-refractivity contribution < 1.29 is 4.79 Å². The van der Waals surface area contributed by atoms with Crippen molar-refractivity contribution in [2.24, 2.45) is 0 Å². The van der Waals surface area contributed by atoms with E-state index in [1.165, 1.54) is 11.3 Å². The van der Waals surface area contributed by atoms with Gasteiger partial charge in [-0.25, -0.2) is 0 Å². The Balaban J connectivity index is 2.49. The van der Waals surface area contributed by atoms with E-state index < -0.39 is 0 Å². The zero-order valence-electron chi connectivity index (χ0n) is 9.08. The van der Waals surface area contributed by atoms with E-state index in [2.05, 4.69) is 15.9 Å². The van der Waals surface area contributed by atoms with Crippen molar-refractivity contribution in [2.75, 3.05) is 0 Å². The molecule has 16 heavy (non-hydrogen) atoms. The van der Waals surface area contributed by atoms with Gasteiger partial charge < -0.3 is 0 Å². The van der Waals surface area contributed by atoms with Crippen LogP contribution in [0.1, 0.15) is 27.0 Å². The Bertz CT molecular complexity index is 543. The summed E-state index contributed by atoms with van der Waals surface area (Å²) in [6, 6.07) is 5.96. The Labute approximate surface area is 107 Å². The summed E-state index contributed by atoms with van der Waals surface area (Å²) in [6.45, 7) is 3.96. The lowest BCUT2D eigenvalue weighted by Gasteiger charge is -2.05. The molecule has 0 spiro atoms. The first-order valence-electron chi connectivity index (χ1n) is 4.93. The quantitative estimate of drug-likeness (QED) is 0.752. The van der Waals surface area contributed by atoms with Crippen LogP contribution in [0.4, 0.5) is 0 Å². The third-order valence-electron chi connectivity index (χ3n) is 2.50. The molecule has 82 valence electrons. The lowest BCUT2D eigenvalue weighted by molar-refractivity contribution is 0.103. The molecule has 0 unspecified atom stereocenters. The average Bonchev–Trinajstić information content (AvgIpc) is 2.67. The van der Waals surface area contributed by atoms with Gasteiger partial charge in [-0.05, 0) is 41.4 Å². The zero-order chi connectivity index (χ0) is 11.7. The van der Waals surface area contributed by atoms with Crippen LogP contribution in [0.25, 0.3) is 0 Å². The highest BCUT2D eigenvalue weighted by atomic mass is 79.9. The lowest BCUT2D eigenvalue weighted by Crippen LogP contribution is -2.03. The summed E-state index contributed by atoms with van der Waals surface area (Å²) in [7, 11) is 0. The highest BCUT2D eigenvalue weighted by Gasteiger charge is 2.15. The summed E-state index contributed by atoms with van der Waals surface area (Å²) in [5.74, 6) is 0.0920. The monoisotopic (exact) mass is 294 g/mol. The fraction of sp³-hybridized carbons (Fsp3) is 0.154. The molecule has 1 aromatic heterocycles. The molecule has 1 heterocycles. The number of hydrogen-bond donors (Lipinski definition) is 0. The molecule has 2 rings (SSSR count). The molecular formula is C13H11BrOS. The number of carbonyl (C=O) groups excluding carboxylic acids is 1. The van der Waals surface area contributed by atoms with Crippen LogP contribution in [-0.4, -0.2) is 5.78 Å². The molecule has 0 fully saturated rings. The topological polar surface area (TPSA) is 17.1 Å². The normalized spacial score (nSPS) is 10.4. The van der Waals surface area contributed by atoms with Crippen LogP contribution in [0.5, 0.6) is 0 Å². The molecule has 0 atom stereocenters. The van der Waals surface area contributed by atoms with Gasteiger partial charge in [0.1, 0.15) is 0 Å². The lowest BCUT2D eigenvalue weighted by atomic mass is 9.99. The molecule has 0 aliphatic heterocycles. The maximum Gasteiger partial charge on any atom is 0.195 e. The largest absolute Gasteiger partial charge is 0.289 e. The number of aryl methyl sites for hydroxylation is 2. The van der Waals surface area contributed by atoms with Crippen LogP contribution < -0.4 is 0 Å². The first kappa shape index (κ1) is 11.6. The van der Waals surface area contributed by atoms with Crippen LogP contribution >= 0.6 is 27.3 Å². The molecule has 2 aromatic rings. The Morgan fingerprint density at radius 2 is 1.94 bits per heavy atom. The molecule has 0 aliphatic rings.